The minimum Gasteiger partial charge on any atom is -0.497 e. The lowest BCUT2D eigenvalue weighted by Gasteiger charge is -2.24. The summed E-state index contributed by atoms with van der Waals surface area (Å²) in [7, 11) is 3.23. The number of allylic oxidation sites excluding steroid dienone is 2. The number of para-hydroxylation sites is 1. The highest BCUT2D eigenvalue weighted by atomic mass is 16.5. The van der Waals surface area contributed by atoms with Crippen LogP contribution in [0.3, 0.4) is 0 Å². The number of hydrogen-bond donors (Lipinski definition) is 2. The van der Waals surface area contributed by atoms with Crippen LogP contribution in [0.5, 0.6) is 17.2 Å². The zero-order valence-corrected chi connectivity index (χ0v) is 15.6. The number of nitrogens with one attached hydrogen (secondary N) is 1. The lowest BCUT2D eigenvalue weighted by atomic mass is 10.1. The van der Waals surface area contributed by atoms with Crippen LogP contribution in [0.1, 0.15) is 11.5 Å². The van der Waals surface area contributed by atoms with Gasteiger partial charge in [-0.25, -0.2) is 4.98 Å². The Morgan fingerprint density at radius 2 is 2.00 bits per heavy atom. The Morgan fingerprint density at radius 1 is 1.11 bits per heavy atom. The molecule has 0 aliphatic carbocycles. The second-order valence-corrected chi connectivity index (χ2v) is 6.32. The number of ether oxygens (including phenoxy) is 3. The number of nitrogens with two attached hydrogens (primary N) is 1. The van der Waals surface area contributed by atoms with Gasteiger partial charge in [-0.1, -0.05) is 12.1 Å². The number of fused-ring (bicyclic) bond motifs is 1. The molecule has 7 heteroatoms. The van der Waals surface area contributed by atoms with E-state index in [9.17, 15) is 0 Å². The minimum absolute atomic E-state index is 0.309. The topological polar surface area (TPSA) is 91.8 Å². The summed E-state index contributed by atoms with van der Waals surface area (Å²) in [6, 6.07) is 11.1. The molecule has 1 aliphatic heterocycles. The molecule has 1 atom stereocenters. The van der Waals surface area contributed by atoms with Crippen LogP contribution in [-0.4, -0.2) is 19.2 Å². The fourth-order valence-corrected chi connectivity index (χ4v) is 2.97. The lowest BCUT2D eigenvalue weighted by Crippen LogP contribution is -2.47. The first-order valence-corrected chi connectivity index (χ1v) is 8.77. The van der Waals surface area contributed by atoms with Crippen LogP contribution in [0.15, 0.2) is 65.2 Å². The van der Waals surface area contributed by atoms with E-state index >= 15 is 0 Å². The highest BCUT2D eigenvalue weighted by Crippen LogP contribution is 2.31. The summed E-state index contributed by atoms with van der Waals surface area (Å²) < 4.78 is 22.5. The van der Waals surface area contributed by atoms with Crippen LogP contribution in [0.25, 0.3) is 11.1 Å². The maximum atomic E-state index is 6.35. The first kappa shape index (κ1) is 17.9. The summed E-state index contributed by atoms with van der Waals surface area (Å²) in [5.74, 6) is 2.38. The Morgan fingerprint density at radius 3 is 2.75 bits per heavy atom. The van der Waals surface area contributed by atoms with Crippen molar-refractivity contribution < 1.29 is 18.6 Å². The summed E-state index contributed by atoms with van der Waals surface area (Å²) in [4.78, 5) is 4.57. The van der Waals surface area contributed by atoms with Gasteiger partial charge in [0.05, 0.1) is 14.2 Å². The van der Waals surface area contributed by atoms with Gasteiger partial charge in [-0.2, -0.15) is 0 Å². The van der Waals surface area contributed by atoms with E-state index in [2.05, 4.69) is 10.3 Å². The number of methoxy groups -OCH3 is 2. The van der Waals surface area contributed by atoms with Gasteiger partial charge < -0.3 is 23.9 Å². The van der Waals surface area contributed by atoms with E-state index in [-0.39, 0.29) is 0 Å². The molecule has 0 spiro atoms. The summed E-state index contributed by atoms with van der Waals surface area (Å²) in [5, 5.41) is 3.06. The van der Waals surface area contributed by atoms with Crippen molar-refractivity contribution in [2.24, 2.45) is 5.73 Å². The zero-order chi connectivity index (χ0) is 19.6. The first-order chi connectivity index (χ1) is 13.6. The Labute approximate surface area is 162 Å². The summed E-state index contributed by atoms with van der Waals surface area (Å²) in [6.07, 6.45) is 7.24. The molecule has 1 aliphatic rings. The second kappa shape index (κ2) is 7.28. The number of nitrogens with zero attached hydrogens (tertiary/aromatic N) is 1. The van der Waals surface area contributed by atoms with Crippen molar-refractivity contribution in [3.63, 3.8) is 0 Å². The molecule has 3 aromatic rings. The van der Waals surface area contributed by atoms with E-state index in [1.54, 1.807) is 26.5 Å². The number of aromatic nitrogens is 1. The third-order valence-electron chi connectivity index (χ3n) is 4.50. The van der Waals surface area contributed by atoms with E-state index in [1.165, 1.54) is 0 Å². The maximum Gasteiger partial charge on any atom is 0.240 e. The van der Waals surface area contributed by atoms with Crippen molar-refractivity contribution in [3.8, 4) is 17.2 Å². The fourth-order valence-electron chi connectivity index (χ4n) is 2.97. The molecule has 1 unspecified atom stereocenters. The molecular weight excluding hydrogens is 358 g/mol. The van der Waals surface area contributed by atoms with Crippen LogP contribution in [0.4, 0.5) is 0 Å². The average Bonchev–Trinajstić information content (AvgIpc) is 3.18. The highest BCUT2D eigenvalue weighted by Gasteiger charge is 2.30. The Bertz CT molecular complexity index is 1060. The van der Waals surface area contributed by atoms with Crippen molar-refractivity contribution in [2.75, 3.05) is 14.2 Å². The predicted octanol–water partition coefficient (Wildman–Crippen LogP) is 3.21. The molecule has 4 rings (SSSR count). The molecule has 2 aromatic carbocycles. The number of benzene rings is 2. The van der Waals surface area contributed by atoms with Gasteiger partial charge in [0, 0.05) is 11.6 Å². The third-order valence-corrected chi connectivity index (χ3v) is 4.50. The quantitative estimate of drug-likeness (QED) is 0.679. The standard InChI is InChI=1S/C21H21N3O4/c1-25-15-9-8-14(18(12-15)26-2)13-27-16-6-5-7-17-19(16)24-20(28-17)21(22)10-3-4-11-23-21/h3-12,23H,13,22H2,1-2H3. The molecule has 28 heavy (non-hydrogen) atoms. The third kappa shape index (κ3) is 3.27. The fraction of sp³-hybridized carbons (Fsp3) is 0.190. The molecule has 144 valence electrons. The van der Waals surface area contributed by atoms with Crippen LogP contribution in [0, 0.1) is 0 Å². The Kier molecular flexibility index (Phi) is 4.67. The molecule has 2 heterocycles. The Balaban J connectivity index is 1.61. The number of oxazole rings is 1. The van der Waals surface area contributed by atoms with Gasteiger partial charge in [0.15, 0.2) is 16.8 Å². The molecule has 1 aromatic heterocycles. The molecule has 0 fully saturated rings. The maximum absolute atomic E-state index is 6.35. The van der Waals surface area contributed by atoms with Gasteiger partial charge >= 0.3 is 0 Å². The molecule has 3 N–H and O–H groups in total. The van der Waals surface area contributed by atoms with Gasteiger partial charge in [-0.15, -0.1) is 0 Å². The van der Waals surface area contributed by atoms with Crippen molar-refractivity contribution >= 4 is 11.1 Å². The van der Waals surface area contributed by atoms with Gasteiger partial charge in [0.1, 0.15) is 23.9 Å². The smallest absolute Gasteiger partial charge is 0.240 e. The molecule has 0 amide bonds. The van der Waals surface area contributed by atoms with Crippen molar-refractivity contribution in [2.45, 2.75) is 12.3 Å². The van der Waals surface area contributed by atoms with Crippen molar-refractivity contribution in [1.29, 1.82) is 0 Å². The molecule has 0 saturated heterocycles. The highest BCUT2D eigenvalue weighted by molar-refractivity contribution is 5.80. The van der Waals surface area contributed by atoms with Crippen LogP contribution in [0.2, 0.25) is 0 Å². The zero-order valence-electron chi connectivity index (χ0n) is 15.6. The molecular formula is C21H21N3O4. The van der Waals surface area contributed by atoms with E-state index in [4.69, 9.17) is 24.4 Å². The summed E-state index contributed by atoms with van der Waals surface area (Å²) in [5.41, 5.74) is 7.46. The lowest BCUT2D eigenvalue weighted by molar-refractivity contribution is 0.298. The van der Waals surface area contributed by atoms with Gasteiger partial charge in [-0.3, -0.25) is 5.73 Å². The molecule has 7 nitrogen and oxygen atoms in total. The van der Waals surface area contributed by atoms with Gasteiger partial charge in [0.25, 0.3) is 0 Å². The van der Waals surface area contributed by atoms with Crippen molar-refractivity contribution in [3.05, 3.63) is 72.3 Å². The van der Waals surface area contributed by atoms with E-state index < -0.39 is 5.66 Å². The Hall–Kier alpha value is -3.45. The minimum atomic E-state index is -0.996. The van der Waals surface area contributed by atoms with E-state index in [0.29, 0.717) is 35.1 Å². The van der Waals surface area contributed by atoms with Crippen LogP contribution >= 0.6 is 0 Å². The van der Waals surface area contributed by atoms with Crippen LogP contribution < -0.4 is 25.3 Å². The summed E-state index contributed by atoms with van der Waals surface area (Å²) in [6.45, 7) is 0.309. The largest absolute Gasteiger partial charge is 0.497 e. The van der Waals surface area contributed by atoms with E-state index in [0.717, 1.165) is 11.3 Å². The second-order valence-electron chi connectivity index (χ2n) is 6.32. The van der Waals surface area contributed by atoms with Crippen molar-refractivity contribution in [1.82, 2.24) is 10.3 Å². The number of dihydropyridines is 1. The SMILES string of the molecule is COc1ccc(COc2cccc3oc(C4(N)C=CC=CN4)nc23)c(OC)c1. The average molecular weight is 379 g/mol. The first-order valence-electron chi connectivity index (χ1n) is 8.77. The molecule has 0 saturated carbocycles. The summed E-state index contributed by atoms with van der Waals surface area (Å²) >= 11 is 0. The van der Waals surface area contributed by atoms with Gasteiger partial charge in [0.2, 0.25) is 5.89 Å². The van der Waals surface area contributed by atoms with E-state index in [1.807, 2.05) is 48.6 Å². The predicted molar refractivity (Wildman–Crippen MR) is 105 cm³/mol. The molecule has 0 bridgehead atoms. The van der Waals surface area contributed by atoms with Crippen LogP contribution in [-0.2, 0) is 12.3 Å². The molecule has 0 radical (unpaired) electrons. The normalized spacial score (nSPS) is 18.1. The monoisotopic (exact) mass is 379 g/mol. The van der Waals surface area contributed by atoms with Gasteiger partial charge in [-0.05, 0) is 42.6 Å². The number of rotatable bonds is 6. The number of hydrogen-bond acceptors (Lipinski definition) is 7.